The van der Waals surface area contributed by atoms with Crippen molar-refractivity contribution < 1.29 is 4.79 Å². The lowest BCUT2D eigenvalue weighted by Crippen LogP contribution is -2.40. The Hall–Kier alpha value is -2.96. The number of allylic oxidation sites excluding steroid dienone is 1. The normalized spacial score (nSPS) is 20.4. The molecular weight excluding hydrogens is 446 g/mol. The maximum Gasteiger partial charge on any atom is 0.222 e. The van der Waals surface area contributed by atoms with E-state index >= 15 is 0 Å². The van der Waals surface area contributed by atoms with Crippen molar-refractivity contribution in [2.75, 3.05) is 32.0 Å². The van der Waals surface area contributed by atoms with Crippen LogP contribution in [0.25, 0.3) is 11.3 Å². The minimum atomic E-state index is 0.165. The fourth-order valence-electron chi connectivity index (χ4n) is 5.25. The molecule has 3 aliphatic heterocycles. The van der Waals surface area contributed by atoms with Gasteiger partial charge in [-0.2, -0.15) is 0 Å². The highest BCUT2D eigenvalue weighted by Gasteiger charge is 2.33. The van der Waals surface area contributed by atoms with Crippen LogP contribution in [0.2, 0.25) is 5.02 Å². The minimum absolute atomic E-state index is 0.165. The molecule has 1 unspecified atom stereocenters. The molecule has 0 radical (unpaired) electrons. The van der Waals surface area contributed by atoms with Gasteiger partial charge in [-0.3, -0.25) is 9.80 Å². The predicted molar refractivity (Wildman–Crippen MR) is 139 cm³/mol. The zero-order chi connectivity index (χ0) is 23.8. The largest absolute Gasteiger partial charge is 0.378 e. The Balaban J connectivity index is 1.52. The van der Waals surface area contributed by atoms with Crippen molar-refractivity contribution in [1.29, 1.82) is 0 Å². The quantitative estimate of drug-likeness (QED) is 0.627. The molecule has 3 aliphatic rings. The summed E-state index contributed by atoms with van der Waals surface area (Å²) < 4.78 is 0. The molecule has 34 heavy (non-hydrogen) atoms. The first-order chi connectivity index (χ1) is 16.4. The first-order valence-corrected chi connectivity index (χ1v) is 12.4. The number of halogens is 1. The van der Waals surface area contributed by atoms with Gasteiger partial charge >= 0.3 is 0 Å². The fourth-order valence-corrected chi connectivity index (χ4v) is 5.38. The van der Waals surface area contributed by atoms with Crippen LogP contribution in [0.1, 0.15) is 55.8 Å². The first kappa shape index (κ1) is 22.8. The number of rotatable bonds is 4. The smallest absolute Gasteiger partial charge is 0.222 e. The van der Waals surface area contributed by atoms with E-state index in [1.165, 1.54) is 28.0 Å². The highest BCUT2D eigenvalue weighted by Crippen LogP contribution is 2.40. The van der Waals surface area contributed by atoms with Crippen LogP contribution in [-0.4, -0.2) is 47.6 Å². The summed E-state index contributed by atoms with van der Waals surface area (Å²) in [4.78, 5) is 14.0. The summed E-state index contributed by atoms with van der Waals surface area (Å²) in [6.07, 6.45) is 4.63. The number of carbonyl (C=O) groups is 1. The number of fused-ring (bicyclic) bond motifs is 3. The van der Waals surface area contributed by atoms with Crippen LogP contribution in [0, 0.1) is 0 Å². The van der Waals surface area contributed by atoms with Crippen molar-refractivity contribution in [2.45, 2.75) is 39.2 Å². The number of amides is 1. The molecule has 0 saturated carbocycles. The Morgan fingerprint density at radius 3 is 2.68 bits per heavy atom. The second-order valence-electron chi connectivity index (χ2n) is 9.20. The van der Waals surface area contributed by atoms with E-state index < -0.39 is 0 Å². The number of anilines is 1. The van der Waals surface area contributed by atoms with Crippen molar-refractivity contribution >= 4 is 34.5 Å². The van der Waals surface area contributed by atoms with Gasteiger partial charge in [0.1, 0.15) is 0 Å². The topological polar surface area (TPSA) is 50.9 Å². The molecule has 0 saturated heterocycles. The lowest BCUT2D eigenvalue weighted by atomic mass is 9.90. The minimum Gasteiger partial charge on any atom is -0.378 e. The average Bonchev–Trinajstić information content (AvgIpc) is 3.04. The standard InChI is InChI=1S/C27H32ClN5O/c1-4-26(34)32-14-11-19(12-15-32)20-5-10-23-24(17-20)25(29-22-8-6-21(28)7-9-22)13-16-33-27(23)18(2)30-31(33)3/h5-11,17,25,29-30H,4,12-16H2,1-3H3. The van der Waals surface area contributed by atoms with Crippen LogP contribution in [-0.2, 0) is 4.79 Å². The Kier molecular flexibility index (Phi) is 6.28. The molecule has 7 heteroatoms. The van der Waals surface area contributed by atoms with E-state index in [9.17, 15) is 4.79 Å². The SMILES string of the molecule is CCC(=O)N1CC=C(c2ccc3c(c2)C(Nc2ccc(Cl)cc2)CCN2C3=C(C)NN2C)CC1. The number of benzene rings is 2. The van der Waals surface area contributed by atoms with Gasteiger partial charge in [0.2, 0.25) is 5.91 Å². The van der Waals surface area contributed by atoms with E-state index in [0.717, 1.165) is 42.3 Å². The van der Waals surface area contributed by atoms with Crippen molar-refractivity contribution in [3.8, 4) is 0 Å². The molecule has 3 heterocycles. The lowest BCUT2D eigenvalue weighted by molar-refractivity contribution is -0.130. The van der Waals surface area contributed by atoms with E-state index in [2.05, 4.69) is 59.1 Å². The molecule has 0 aliphatic carbocycles. The summed E-state index contributed by atoms with van der Waals surface area (Å²) in [5.74, 6) is 0.227. The van der Waals surface area contributed by atoms with Crippen LogP contribution in [0.3, 0.4) is 0 Å². The highest BCUT2D eigenvalue weighted by atomic mass is 35.5. The predicted octanol–water partition coefficient (Wildman–Crippen LogP) is 5.28. The second kappa shape index (κ2) is 9.35. The van der Waals surface area contributed by atoms with E-state index in [4.69, 9.17) is 11.6 Å². The number of carbonyl (C=O) groups excluding carboxylic acids is 1. The van der Waals surface area contributed by atoms with Gasteiger partial charge in [0, 0.05) is 49.4 Å². The van der Waals surface area contributed by atoms with Crippen molar-refractivity contribution in [3.05, 3.63) is 76.0 Å². The molecule has 2 N–H and O–H groups in total. The summed E-state index contributed by atoms with van der Waals surface area (Å²) in [7, 11) is 2.06. The molecule has 1 amide bonds. The van der Waals surface area contributed by atoms with E-state index in [1.54, 1.807) is 0 Å². The Morgan fingerprint density at radius 2 is 1.97 bits per heavy atom. The number of hydrogen-bond donors (Lipinski definition) is 2. The summed E-state index contributed by atoms with van der Waals surface area (Å²) in [6.45, 7) is 6.45. The molecular formula is C27H32ClN5O. The molecule has 2 aromatic rings. The van der Waals surface area contributed by atoms with Gasteiger partial charge in [-0.1, -0.05) is 36.7 Å². The summed E-state index contributed by atoms with van der Waals surface area (Å²) in [5, 5.41) is 8.91. The first-order valence-electron chi connectivity index (χ1n) is 12.1. The zero-order valence-corrected chi connectivity index (χ0v) is 20.8. The van der Waals surface area contributed by atoms with E-state index in [0.29, 0.717) is 13.0 Å². The molecule has 0 spiro atoms. The summed E-state index contributed by atoms with van der Waals surface area (Å²) >= 11 is 6.12. The number of nitrogens with one attached hydrogen (secondary N) is 2. The molecule has 2 aromatic carbocycles. The summed E-state index contributed by atoms with van der Waals surface area (Å²) in [6, 6.07) is 15.0. The van der Waals surface area contributed by atoms with Crippen LogP contribution in [0.5, 0.6) is 0 Å². The maximum absolute atomic E-state index is 12.1. The number of nitrogens with zero attached hydrogens (tertiary/aromatic N) is 3. The molecule has 6 nitrogen and oxygen atoms in total. The third kappa shape index (κ3) is 4.28. The summed E-state index contributed by atoms with van der Waals surface area (Å²) in [5.41, 5.74) is 12.0. The van der Waals surface area contributed by atoms with Crippen LogP contribution >= 0.6 is 11.6 Å². The fraction of sp³-hybridized carbons (Fsp3) is 0.370. The maximum atomic E-state index is 12.1. The Morgan fingerprint density at radius 1 is 1.18 bits per heavy atom. The molecule has 178 valence electrons. The molecule has 0 fully saturated rings. The van der Waals surface area contributed by atoms with Gasteiger partial charge in [-0.15, -0.1) is 5.12 Å². The molecule has 0 bridgehead atoms. The van der Waals surface area contributed by atoms with Crippen molar-refractivity contribution in [3.63, 3.8) is 0 Å². The van der Waals surface area contributed by atoms with Gasteiger partial charge in [-0.25, -0.2) is 0 Å². The van der Waals surface area contributed by atoms with Crippen molar-refractivity contribution in [1.82, 2.24) is 20.5 Å². The van der Waals surface area contributed by atoms with Crippen molar-refractivity contribution in [2.24, 2.45) is 0 Å². The van der Waals surface area contributed by atoms with E-state index in [-0.39, 0.29) is 11.9 Å². The lowest BCUT2D eigenvalue weighted by Gasteiger charge is -2.27. The van der Waals surface area contributed by atoms with Crippen LogP contribution < -0.4 is 10.7 Å². The second-order valence-corrected chi connectivity index (χ2v) is 9.64. The zero-order valence-electron chi connectivity index (χ0n) is 20.1. The van der Waals surface area contributed by atoms with Gasteiger partial charge in [0.05, 0.1) is 17.4 Å². The third-order valence-electron chi connectivity index (χ3n) is 7.04. The molecule has 1 atom stereocenters. The van der Waals surface area contributed by atoms with Crippen LogP contribution in [0.4, 0.5) is 5.69 Å². The van der Waals surface area contributed by atoms with Gasteiger partial charge in [0.15, 0.2) is 0 Å². The number of hydrazine groups is 2. The monoisotopic (exact) mass is 477 g/mol. The van der Waals surface area contributed by atoms with Gasteiger partial charge in [-0.05, 0) is 66.8 Å². The Labute approximate surface area is 206 Å². The van der Waals surface area contributed by atoms with E-state index in [1.807, 2.05) is 36.1 Å². The Bertz CT molecular complexity index is 1160. The number of hydrogen-bond acceptors (Lipinski definition) is 5. The average molecular weight is 478 g/mol. The molecule has 5 rings (SSSR count). The van der Waals surface area contributed by atoms with Gasteiger partial charge in [0.25, 0.3) is 0 Å². The van der Waals surface area contributed by atoms with Crippen LogP contribution in [0.15, 0.2) is 54.2 Å². The molecule has 0 aromatic heterocycles. The highest BCUT2D eigenvalue weighted by molar-refractivity contribution is 6.30. The van der Waals surface area contributed by atoms with Gasteiger partial charge < -0.3 is 15.6 Å². The third-order valence-corrected chi connectivity index (χ3v) is 7.29.